The van der Waals surface area contributed by atoms with Gasteiger partial charge in [0.15, 0.2) is 11.0 Å². The lowest BCUT2D eigenvalue weighted by atomic mass is 10.1. The second-order valence-electron chi connectivity index (χ2n) is 7.37. The van der Waals surface area contributed by atoms with Gasteiger partial charge < -0.3 is 14.0 Å². The van der Waals surface area contributed by atoms with E-state index in [0.717, 1.165) is 40.8 Å². The number of carbonyl (C=O) groups excluding carboxylic acids is 1. The van der Waals surface area contributed by atoms with Crippen LogP contribution in [0, 0.1) is 0 Å². The fourth-order valence-corrected chi connectivity index (χ4v) is 4.43. The molecule has 0 radical (unpaired) electrons. The van der Waals surface area contributed by atoms with Gasteiger partial charge in [-0.1, -0.05) is 66.4 Å². The molecule has 0 saturated carbocycles. The van der Waals surface area contributed by atoms with E-state index in [4.69, 9.17) is 9.47 Å². The number of aryl methyl sites for hydroxylation is 1. The molecule has 4 aromatic rings. The molecule has 0 N–H and O–H groups in total. The van der Waals surface area contributed by atoms with Gasteiger partial charge in [0, 0.05) is 12.3 Å². The molecule has 0 spiro atoms. The molecule has 0 aliphatic heterocycles. The Morgan fingerprint density at radius 3 is 2.33 bits per heavy atom. The van der Waals surface area contributed by atoms with E-state index in [1.807, 2.05) is 42.5 Å². The molecule has 0 amide bonds. The minimum Gasteiger partial charge on any atom is -0.496 e. The number of para-hydroxylation sites is 1. The van der Waals surface area contributed by atoms with E-state index in [2.05, 4.69) is 39.0 Å². The minimum absolute atomic E-state index is 0.337. The summed E-state index contributed by atoms with van der Waals surface area (Å²) in [6, 6.07) is 25.7. The van der Waals surface area contributed by atoms with Crippen molar-refractivity contribution >= 4 is 17.7 Å². The van der Waals surface area contributed by atoms with Crippen LogP contribution in [-0.4, -0.2) is 35.0 Å². The molecular formula is C26H25N3O3S. The van der Waals surface area contributed by atoms with Crippen molar-refractivity contribution in [2.24, 2.45) is 0 Å². The Morgan fingerprint density at radius 2 is 1.61 bits per heavy atom. The topological polar surface area (TPSA) is 66.2 Å². The van der Waals surface area contributed by atoms with Gasteiger partial charge in [-0.15, -0.1) is 10.2 Å². The molecule has 0 saturated heterocycles. The number of esters is 1. The molecule has 0 bridgehead atoms. The van der Waals surface area contributed by atoms with Crippen LogP contribution in [0.5, 0.6) is 5.75 Å². The Bertz CT molecular complexity index is 1210. The van der Waals surface area contributed by atoms with Crippen LogP contribution in [0.3, 0.4) is 0 Å². The lowest BCUT2D eigenvalue weighted by Gasteiger charge is -2.12. The van der Waals surface area contributed by atoms with Gasteiger partial charge in [-0.25, -0.2) is 4.79 Å². The number of aromatic nitrogens is 3. The molecule has 0 aliphatic rings. The molecule has 6 nitrogen and oxygen atoms in total. The van der Waals surface area contributed by atoms with Crippen LogP contribution in [-0.2, 0) is 23.5 Å². The minimum atomic E-state index is -0.337. The summed E-state index contributed by atoms with van der Waals surface area (Å²) in [6.45, 7) is 0.744. The first-order valence-corrected chi connectivity index (χ1v) is 11.6. The van der Waals surface area contributed by atoms with Crippen molar-refractivity contribution in [3.8, 4) is 17.1 Å². The third-order valence-electron chi connectivity index (χ3n) is 5.27. The van der Waals surface area contributed by atoms with Gasteiger partial charge in [-0.05, 0) is 41.8 Å². The largest absolute Gasteiger partial charge is 0.496 e. The molecule has 0 atom stereocenters. The number of hydrogen-bond acceptors (Lipinski definition) is 6. The molecule has 3 aromatic carbocycles. The van der Waals surface area contributed by atoms with E-state index in [1.54, 1.807) is 31.0 Å². The summed E-state index contributed by atoms with van der Waals surface area (Å²) >= 11 is 1.62. The number of hydrogen-bond donors (Lipinski definition) is 0. The van der Waals surface area contributed by atoms with E-state index >= 15 is 0 Å². The van der Waals surface area contributed by atoms with E-state index in [9.17, 15) is 4.79 Å². The SMILES string of the molecule is COC(=O)c1ccc(CSc2nnc(-c3ccccc3OC)n2CCc2ccccc2)cc1. The summed E-state index contributed by atoms with van der Waals surface area (Å²) in [6.07, 6.45) is 0.864. The lowest BCUT2D eigenvalue weighted by Crippen LogP contribution is -2.06. The van der Waals surface area contributed by atoms with Gasteiger partial charge in [0.2, 0.25) is 0 Å². The van der Waals surface area contributed by atoms with Gasteiger partial charge in [0.05, 0.1) is 25.3 Å². The average molecular weight is 460 g/mol. The number of rotatable bonds is 9. The third kappa shape index (κ3) is 5.43. The van der Waals surface area contributed by atoms with Crippen molar-refractivity contribution in [3.63, 3.8) is 0 Å². The van der Waals surface area contributed by atoms with Crippen molar-refractivity contribution in [2.45, 2.75) is 23.9 Å². The van der Waals surface area contributed by atoms with Crippen LogP contribution in [0.4, 0.5) is 0 Å². The zero-order chi connectivity index (χ0) is 23.0. The molecule has 1 heterocycles. The van der Waals surface area contributed by atoms with E-state index < -0.39 is 0 Å². The van der Waals surface area contributed by atoms with Crippen LogP contribution in [0.25, 0.3) is 11.4 Å². The molecule has 4 rings (SSSR count). The first-order valence-electron chi connectivity index (χ1n) is 10.6. The number of ether oxygens (including phenoxy) is 2. The summed E-state index contributed by atoms with van der Waals surface area (Å²) in [5.41, 5.74) is 3.79. The van der Waals surface area contributed by atoms with Crippen molar-refractivity contribution in [3.05, 3.63) is 95.6 Å². The highest BCUT2D eigenvalue weighted by atomic mass is 32.2. The van der Waals surface area contributed by atoms with Crippen LogP contribution in [0.2, 0.25) is 0 Å². The summed E-state index contributed by atoms with van der Waals surface area (Å²) in [5.74, 6) is 1.92. The smallest absolute Gasteiger partial charge is 0.337 e. The zero-order valence-electron chi connectivity index (χ0n) is 18.6. The van der Waals surface area contributed by atoms with Gasteiger partial charge in [0.1, 0.15) is 5.75 Å². The first-order chi connectivity index (χ1) is 16.2. The van der Waals surface area contributed by atoms with Crippen LogP contribution in [0.15, 0.2) is 84.0 Å². The Hall–Kier alpha value is -3.58. The molecule has 1 aromatic heterocycles. The highest BCUT2D eigenvalue weighted by Gasteiger charge is 2.17. The number of thioether (sulfide) groups is 1. The van der Waals surface area contributed by atoms with Gasteiger partial charge in [-0.2, -0.15) is 0 Å². The van der Waals surface area contributed by atoms with Gasteiger partial charge >= 0.3 is 5.97 Å². The zero-order valence-corrected chi connectivity index (χ0v) is 19.4. The summed E-state index contributed by atoms with van der Waals surface area (Å²) in [4.78, 5) is 11.7. The molecule has 0 fully saturated rings. The highest BCUT2D eigenvalue weighted by molar-refractivity contribution is 7.98. The number of methoxy groups -OCH3 is 2. The average Bonchev–Trinajstić information content (AvgIpc) is 3.29. The quantitative estimate of drug-likeness (QED) is 0.251. The Labute approximate surface area is 197 Å². The molecular weight excluding hydrogens is 434 g/mol. The normalized spacial score (nSPS) is 10.7. The maximum Gasteiger partial charge on any atom is 0.337 e. The Morgan fingerprint density at radius 1 is 0.879 bits per heavy atom. The number of carbonyl (C=O) groups is 1. The van der Waals surface area contributed by atoms with Crippen molar-refractivity contribution < 1.29 is 14.3 Å². The summed E-state index contributed by atoms with van der Waals surface area (Å²) < 4.78 is 12.5. The Balaban J connectivity index is 1.59. The monoisotopic (exact) mass is 459 g/mol. The maximum atomic E-state index is 11.7. The molecule has 168 valence electrons. The standard InChI is InChI=1S/C26H25N3O3S/c1-31-23-11-7-6-10-22(23)24-27-28-26(29(24)17-16-19-8-4-3-5-9-19)33-18-20-12-14-21(15-13-20)25(30)32-2/h3-15H,16-18H2,1-2H3. The second kappa shape index (κ2) is 10.8. The molecule has 7 heteroatoms. The van der Waals surface area contributed by atoms with Gasteiger partial charge in [-0.3, -0.25) is 0 Å². The summed E-state index contributed by atoms with van der Waals surface area (Å²) in [7, 11) is 3.05. The predicted molar refractivity (Wildman–Crippen MR) is 129 cm³/mol. The number of benzene rings is 3. The lowest BCUT2D eigenvalue weighted by molar-refractivity contribution is 0.0600. The van der Waals surface area contributed by atoms with E-state index in [-0.39, 0.29) is 5.97 Å². The van der Waals surface area contributed by atoms with Gasteiger partial charge in [0.25, 0.3) is 0 Å². The molecule has 0 aliphatic carbocycles. The second-order valence-corrected chi connectivity index (χ2v) is 8.31. The first kappa shape index (κ1) is 22.6. The highest BCUT2D eigenvalue weighted by Crippen LogP contribution is 2.32. The number of nitrogens with zero attached hydrogens (tertiary/aromatic N) is 3. The van der Waals surface area contributed by atoms with E-state index in [0.29, 0.717) is 11.3 Å². The van der Waals surface area contributed by atoms with Crippen LogP contribution >= 0.6 is 11.8 Å². The fraction of sp³-hybridized carbons (Fsp3) is 0.192. The summed E-state index contributed by atoms with van der Waals surface area (Å²) in [5, 5.41) is 9.86. The van der Waals surface area contributed by atoms with Crippen LogP contribution in [0.1, 0.15) is 21.5 Å². The van der Waals surface area contributed by atoms with Crippen molar-refractivity contribution in [1.29, 1.82) is 0 Å². The maximum absolute atomic E-state index is 11.7. The van der Waals surface area contributed by atoms with E-state index in [1.165, 1.54) is 12.7 Å². The third-order valence-corrected chi connectivity index (χ3v) is 6.31. The fourth-order valence-electron chi connectivity index (χ4n) is 3.51. The van der Waals surface area contributed by atoms with Crippen molar-refractivity contribution in [1.82, 2.24) is 14.8 Å². The van der Waals surface area contributed by atoms with Crippen molar-refractivity contribution in [2.75, 3.05) is 14.2 Å². The molecule has 33 heavy (non-hydrogen) atoms. The molecule has 0 unspecified atom stereocenters. The van der Waals surface area contributed by atoms with Crippen LogP contribution < -0.4 is 4.74 Å². The Kier molecular flexibility index (Phi) is 7.42. The predicted octanol–water partition coefficient (Wildman–Crippen LogP) is 5.28.